The van der Waals surface area contributed by atoms with Crippen molar-refractivity contribution in [2.75, 3.05) is 0 Å². The Morgan fingerprint density at radius 2 is 1.33 bits per heavy atom. The molecule has 2 amide bonds. The van der Waals surface area contributed by atoms with Crippen molar-refractivity contribution in [3.05, 3.63) is 71.3 Å². The molecule has 1 fully saturated rings. The van der Waals surface area contributed by atoms with Gasteiger partial charge < -0.3 is 0 Å². The Balaban J connectivity index is 1.68. The van der Waals surface area contributed by atoms with Gasteiger partial charge in [0.15, 0.2) is 0 Å². The van der Waals surface area contributed by atoms with Crippen LogP contribution in [0.25, 0.3) is 0 Å². The van der Waals surface area contributed by atoms with Gasteiger partial charge in [-0.15, -0.1) is 0 Å². The predicted octanol–water partition coefficient (Wildman–Crippen LogP) is 2.64. The molecule has 4 heteroatoms. The molecule has 2 aliphatic rings. The molecular weight excluding hydrogens is 264 g/mol. The number of rotatable bonds is 2. The SMILES string of the molecule is CC1C(c2ccccc2)N1N1C(=O)c2ccccc2C1=O. The number of amides is 2. The first kappa shape index (κ1) is 12.3. The second-order valence-corrected chi connectivity index (χ2v) is 5.44. The van der Waals surface area contributed by atoms with Gasteiger partial charge in [0.1, 0.15) is 0 Å². The molecule has 0 spiro atoms. The molecule has 0 N–H and O–H groups in total. The van der Waals surface area contributed by atoms with Crippen LogP contribution in [0, 0.1) is 0 Å². The Labute approximate surface area is 122 Å². The standard InChI is InChI=1S/C17H14N2O2/c1-11-15(12-7-3-2-4-8-12)18(11)19-16(20)13-9-5-6-10-14(13)17(19)21/h2-11,15H,1H3. The number of carbonyl (C=O) groups excluding carboxylic acids is 2. The summed E-state index contributed by atoms with van der Waals surface area (Å²) in [6.45, 7) is 2.03. The van der Waals surface area contributed by atoms with Crippen molar-refractivity contribution in [1.82, 2.24) is 10.0 Å². The summed E-state index contributed by atoms with van der Waals surface area (Å²) in [6, 6.07) is 17.2. The van der Waals surface area contributed by atoms with E-state index in [0.29, 0.717) is 11.1 Å². The highest BCUT2D eigenvalue weighted by atomic mass is 16.2. The van der Waals surface area contributed by atoms with Crippen LogP contribution in [0.4, 0.5) is 0 Å². The van der Waals surface area contributed by atoms with Crippen LogP contribution >= 0.6 is 0 Å². The molecule has 0 saturated carbocycles. The lowest BCUT2D eigenvalue weighted by Crippen LogP contribution is -2.36. The molecule has 0 aliphatic carbocycles. The Morgan fingerprint density at radius 1 is 0.810 bits per heavy atom. The smallest absolute Gasteiger partial charge is 0.267 e. The lowest BCUT2D eigenvalue weighted by Gasteiger charge is -2.16. The summed E-state index contributed by atoms with van der Waals surface area (Å²) in [4.78, 5) is 24.9. The van der Waals surface area contributed by atoms with Gasteiger partial charge in [-0.3, -0.25) is 9.59 Å². The van der Waals surface area contributed by atoms with E-state index < -0.39 is 0 Å². The summed E-state index contributed by atoms with van der Waals surface area (Å²) in [5.74, 6) is -0.443. The summed E-state index contributed by atoms with van der Waals surface area (Å²) in [5, 5.41) is 3.16. The molecule has 0 bridgehead atoms. The zero-order chi connectivity index (χ0) is 14.6. The van der Waals surface area contributed by atoms with Gasteiger partial charge in [0.25, 0.3) is 11.8 Å². The highest BCUT2D eigenvalue weighted by Crippen LogP contribution is 2.46. The molecule has 104 valence electrons. The number of carbonyl (C=O) groups is 2. The van der Waals surface area contributed by atoms with E-state index in [1.807, 2.05) is 42.3 Å². The summed E-state index contributed by atoms with van der Waals surface area (Å²) >= 11 is 0. The van der Waals surface area contributed by atoms with Crippen molar-refractivity contribution in [2.24, 2.45) is 0 Å². The molecule has 4 rings (SSSR count). The zero-order valence-corrected chi connectivity index (χ0v) is 11.6. The Kier molecular flexibility index (Phi) is 2.50. The number of hydrazine groups is 1. The molecule has 4 nitrogen and oxygen atoms in total. The van der Waals surface area contributed by atoms with E-state index in [4.69, 9.17) is 0 Å². The second-order valence-electron chi connectivity index (χ2n) is 5.44. The average molecular weight is 278 g/mol. The third-order valence-electron chi connectivity index (χ3n) is 4.21. The van der Waals surface area contributed by atoms with E-state index >= 15 is 0 Å². The molecule has 3 unspecified atom stereocenters. The van der Waals surface area contributed by atoms with Crippen LogP contribution in [0.2, 0.25) is 0 Å². The van der Waals surface area contributed by atoms with Crippen molar-refractivity contribution in [2.45, 2.75) is 19.0 Å². The molecule has 2 aromatic rings. The molecule has 0 radical (unpaired) electrons. The molecule has 3 atom stereocenters. The third kappa shape index (κ3) is 1.66. The van der Waals surface area contributed by atoms with Crippen molar-refractivity contribution < 1.29 is 9.59 Å². The van der Waals surface area contributed by atoms with Crippen LogP contribution in [-0.4, -0.2) is 27.9 Å². The second kappa shape index (κ2) is 4.27. The fourth-order valence-electron chi connectivity index (χ4n) is 3.11. The highest BCUT2D eigenvalue weighted by molar-refractivity contribution is 6.21. The topological polar surface area (TPSA) is 40.4 Å². The van der Waals surface area contributed by atoms with Crippen LogP contribution in [0.1, 0.15) is 39.2 Å². The van der Waals surface area contributed by atoms with E-state index in [1.54, 1.807) is 24.3 Å². The van der Waals surface area contributed by atoms with Crippen molar-refractivity contribution in [3.63, 3.8) is 0 Å². The summed E-state index contributed by atoms with van der Waals surface area (Å²) < 4.78 is 0. The van der Waals surface area contributed by atoms with Crippen molar-refractivity contribution in [3.8, 4) is 0 Å². The molecule has 2 aromatic carbocycles. The fraction of sp³-hybridized carbons (Fsp3) is 0.176. The lowest BCUT2D eigenvalue weighted by molar-refractivity contribution is 0.0346. The van der Waals surface area contributed by atoms with E-state index in [1.165, 1.54) is 5.01 Å². The van der Waals surface area contributed by atoms with E-state index in [2.05, 4.69) is 0 Å². The molecule has 21 heavy (non-hydrogen) atoms. The normalized spacial score (nSPS) is 26.9. The quantitative estimate of drug-likeness (QED) is 0.626. The largest absolute Gasteiger partial charge is 0.276 e. The third-order valence-corrected chi connectivity index (χ3v) is 4.21. The Morgan fingerprint density at radius 3 is 1.90 bits per heavy atom. The summed E-state index contributed by atoms with van der Waals surface area (Å²) in [6.07, 6.45) is 0. The first-order chi connectivity index (χ1) is 10.2. The van der Waals surface area contributed by atoms with Crippen LogP contribution in [0.15, 0.2) is 54.6 Å². The minimum atomic E-state index is -0.221. The van der Waals surface area contributed by atoms with Gasteiger partial charge in [0, 0.05) is 6.04 Å². The number of hydrogen-bond donors (Lipinski definition) is 0. The van der Waals surface area contributed by atoms with E-state index in [0.717, 1.165) is 5.56 Å². The van der Waals surface area contributed by atoms with Crippen molar-refractivity contribution >= 4 is 11.8 Å². The molecule has 2 aliphatic heterocycles. The van der Waals surface area contributed by atoms with Gasteiger partial charge in [-0.05, 0) is 24.6 Å². The predicted molar refractivity (Wildman–Crippen MR) is 77.4 cm³/mol. The first-order valence-electron chi connectivity index (χ1n) is 7.01. The maximum Gasteiger partial charge on any atom is 0.276 e. The number of fused-ring (bicyclic) bond motifs is 1. The van der Waals surface area contributed by atoms with E-state index in [-0.39, 0.29) is 23.9 Å². The Bertz CT molecular complexity index is 706. The highest BCUT2D eigenvalue weighted by Gasteiger charge is 2.55. The minimum Gasteiger partial charge on any atom is -0.267 e. The van der Waals surface area contributed by atoms with Crippen LogP contribution < -0.4 is 0 Å². The van der Waals surface area contributed by atoms with E-state index in [9.17, 15) is 9.59 Å². The van der Waals surface area contributed by atoms with Gasteiger partial charge in [0.2, 0.25) is 0 Å². The van der Waals surface area contributed by atoms with Crippen LogP contribution in [-0.2, 0) is 0 Å². The molecule has 2 heterocycles. The Hall–Kier alpha value is -2.46. The number of nitrogens with zero attached hydrogens (tertiary/aromatic N) is 2. The summed E-state index contributed by atoms with van der Waals surface area (Å²) in [7, 11) is 0. The monoisotopic (exact) mass is 278 g/mol. The molecule has 0 aromatic heterocycles. The zero-order valence-electron chi connectivity index (χ0n) is 11.6. The maximum atomic E-state index is 12.5. The van der Waals surface area contributed by atoms with Crippen molar-refractivity contribution in [1.29, 1.82) is 0 Å². The van der Waals surface area contributed by atoms with Crippen LogP contribution in [0.5, 0.6) is 0 Å². The van der Waals surface area contributed by atoms with Gasteiger partial charge in [0.05, 0.1) is 17.2 Å². The first-order valence-corrected chi connectivity index (χ1v) is 7.01. The van der Waals surface area contributed by atoms with Gasteiger partial charge in [-0.25, -0.2) is 5.01 Å². The number of hydrogen-bond acceptors (Lipinski definition) is 3. The molecular formula is C17H14N2O2. The average Bonchev–Trinajstić information content (AvgIpc) is 3.11. The number of benzene rings is 2. The lowest BCUT2D eigenvalue weighted by atomic mass is 10.1. The van der Waals surface area contributed by atoms with Crippen LogP contribution in [0.3, 0.4) is 0 Å². The number of imide groups is 1. The maximum absolute atomic E-state index is 12.5. The fourth-order valence-corrected chi connectivity index (χ4v) is 3.11. The van der Waals surface area contributed by atoms with Gasteiger partial charge in [-0.1, -0.05) is 42.5 Å². The van der Waals surface area contributed by atoms with Gasteiger partial charge >= 0.3 is 0 Å². The summed E-state index contributed by atoms with van der Waals surface area (Å²) in [5.41, 5.74) is 2.11. The molecule has 1 saturated heterocycles. The van der Waals surface area contributed by atoms with Gasteiger partial charge in [-0.2, -0.15) is 5.01 Å². The minimum absolute atomic E-state index is 0.0911.